The number of nitrogens with one attached hydrogen (secondary N) is 2. The maximum absolute atomic E-state index is 12.7. The van der Waals surface area contributed by atoms with Crippen molar-refractivity contribution in [3.63, 3.8) is 0 Å². The number of hydrogen-bond acceptors (Lipinski definition) is 4. The third-order valence-electron chi connectivity index (χ3n) is 4.00. The summed E-state index contributed by atoms with van der Waals surface area (Å²) >= 11 is 0. The molecule has 27 heavy (non-hydrogen) atoms. The molecule has 0 bridgehead atoms. The second-order valence-electron chi connectivity index (χ2n) is 6.79. The summed E-state index contributed by atoms with van der Waals surface area (Å²) in [7, 11) is -2.18. The van der Waals surface area contributed by atoms with E-state index < -0.39 is 10.0 Å². The third-order valence-corrected chi connectivity index (χ3v) is 5.53. The van der Waals surface area contributed by atoms with Gasteiger partial charge < -0.3 is 10.1 Å². The van der Waals surface area contributed by atoms with E-state index in [9.17, 15) is 13.2 Å². The molecule has 0 radical (unpaired) electrons. The van der Waals surface area contributed by atoms with E-state index in [-0.39, 0.29) is 23.3 Å². The molecule has 0 saturated carbocycles. The van der Waals surface area contributed by atoms with Gasteiger partial charge in [-0.15, -0.1) is 0 Å². The highest BCUT2D eigenvalue weighted by molar-refractivity contribution is 7.92. The maximum atomic E-state index is 12.7. The predicted molar refractivity (Wildman–Crippen MR) is 107 cm³/mol. The molecule has 6 nitrogen and oxygen atoms in total. The molecular weight excluding hydrogens is 364 g/mol. The molecule has 0 aliphatic heterocycles. The molecular formula is C20H26N2O4S. The Morgan fingerprint density at radius 1 is 1.07 bits per heavy atom. The van der Waals surface area contributed by atoms with Gasteiger partial charge in [0.25, 0.3) is 10.0 Å². The van der Waals surface area contributed by atoms with Gasteiger partial charge in [0.05, 0.1) is 18.4 Å². The van der Waals surface area contributed by atoms with Crippen molar-refractivity contribution in [2.45, 2.75) is 45.1 Å². The first-order valence-corrected chi connectivity index (χ1v) is 10.2. The number of anilines is 1. The van der Waals surface area contributed by atoms with Crippen molar-refractivity contribution < 1.29 is 17.9 Å². The van der Waals surface area contributed by atoms with E-state index in [4.69, 9.17) is 4.74 Å². The largest absolute Gasteiger partial charge is 0.496 e. The van der Waals surface area contributed by atoms with Crippen LogP contribution in [0.4, 0.5) is 5.69 Å². The number of sulfonamides is 1. The summed E-state index contributed by atoms with van der Waals surface area (Å²) in [5.74, 6) is 0.582. The highest BCUT2D eigenvalue weighted by atomic mass is 32.2. The molecule has 146 valence electrons. The van der Waals surface area contributed by atoms with Gasteiger partial charge in [0.15, 0.2) is 0 Å². The van der Waals surface area contributed by atoms with Gasteiger partial charge in [0.2, 0.25) is 5.91 Å². The number of carbonyl (C=O) groups is 1. The standard InChI is InChI=1S/C20H26N2O4S/c1-13(2)21-20(23)12-16-6-8-17(9-7-16)22-27(24,25)19-11-14(3)18(26-5)10-15(19)4/h6-11,13,22H,12H2,1-5H3,(H,21,23). The maximum Gasteiger partial charge on any atom is 0.262 e. The summed E-state index contributed by atoms with van der Waals surface area (Å²) in [6.07, 6.45) is 0.252. The molecule has 2 rings (SSSR count). The topological polar surface area (TPSA) is 84.5 Å². The Morgan fingerprint density at radius 2 is 1.70 bits per heavy atom. The Labute approximate surface area is 161 Å². The normalized spacial score (nSPS) is 11.3. The van der Waals surface area contributed by atoms with Gasteiger partial charge in [-0.25, -0.2) is 8.42 Å². The Kier molecular flexibility index (Phi) is 6.49. The van der Waals surface area contributed by atoms with Crippen molar-refractivity contribution in [3.8, 4) is 5.75 Å². The minimum Gasteiger partial charge on any atom is -0.496 e. The first-order valence-electron chi connectivity index (χ1n) is 8.68. The zero-order valence-electron chi connectivity index (χ0n) is 16.3. The monoisotopic (exact) mass is 390 g/mol. The fraction of sp³-hybridized carbons (Fsp3) is 0.350. The Morgan fingerprint density at radius 3 is 2.26 bits per heavy atom. The van der Waals surface area contributed by atoms with Gasteiger partial charge in [-0.3, -0.25) is 9.52 Å². The fourth-order valence-electron chi connectivity index (χ4n) is 2.73. The SMILES string of the molecule is COc1cc(C)c(S(=O)(=O)Nc2ccc(CC(=O)NC(C)C)cc2)cc1C. The van der Waals surface area contributed by atoms with Crippen LogP contribution in [0.2, 0.25) is 0 Å². The molecule has 0 aliphatic rings. The highest BCUT2D eigenvalue weighted by Gasteiger charge is 2.19. The molecule has 1 amide bonds. The Bertz CT molecular complexity index is 920. The number of amides is 1. The van der Waals surface area contributed by atoms with Crippen LogP contribution < -0.4 is 14.8 Å². The quantitative estimate of drug-likeness (QED) is 0.760. The summed E-state index contributed by atoms with van der Waals surface area (Å²) in [6.45, 7) is 7.33. The average molecular weight is 391 g/mol. The molecule has 0 aliphatic carbocycles. The second kappa shape index (κ2) is 8.43. The van der Waals surface area contributed by atoms with Crippen LogP contribution in [0.15, 0.2) is 41.3 Å². The Hall–Kier alpha value is -2.54. The molecule has 7 heteroatoms. The number of hydrogen-bond donors (Lipinski definition) is 2. The summed E-state index contributed by atoms with van der Waals surface area (Å²) in [4.78, 5) is 12.0. The van der Waals surface area contributed by atoms with Crippen LogP contribution >= 0.6 is 0 Å². The van der Waals surface area contributed by atoms with Gasteiger partial charge in [0.1, 0.15) is 5.75 Å². The lowest BCUT2D eigenvalue weighted by molar-refractivity contribution is -0.120. The van der Waals surface area contributed by atoms with E-state index in [0.29, 0.717) is 17.0 Å². The van der Waals surface area contributed by atoms with Crippen molar-refractivity contribution >= 4 is 21.6 Å². The molecule has 0 aromatic heterocycles. The van der Waals surface area contributed by atoms with Crippen molar-refractivity contribution in [1.29, 1.82) is 0 Å². The van der Waals surface area contributed by atoms with Gasteiger partial charge in [0, 0.05) is 11.7 Å². The van der Waals surface area contributed by atoms with Crippen LogP contribution in [0, 0.1) is 13.8 Å². The zero-order valence-corrected chi connectivity index (χ0v) is 17.1. The minimum atomic E-state index is -3.73. The summed E-state index contributed by atoms with van der Waals surface area (Å²) in [5, 5.41) is 2.83. The van der Waals surface area contributed by atoms with Crippen LogP contribution in [-0.4, -0.2) is 27.5 Å². The van der Waals surface area contributed by atoms with Crippen LogP contribution in [0.25, 0.3) is 0 Å². The van der Waals surface area contributed by atoms with Gasteiger partial charge in [-0.2, -0.15) is 0 Å². The second-order valence-corrected chi connectivity index (χ2v) is 8.44. The minimum absolute atomic E-state index is 0.0670. The number of carbonyl (C=O) groups excluding carboxylic acids is 1. The lowest BCUT2D eigenvalue weighted by atomic mass is 10.1. The van der Waals surface area contributed by atoms with Crippen LogP contribution in [0.1, 0.15) is 30.5 Å². The summed E-state index contributed by atoms with van der Waals surface area (Å²) < 4.78 is 33.3. The van der Waals surface area contributed by atoms with Crippen molar-refractivity contribution in [3.05, 3.63) is 53.1 Å². The number of methoxy groups -OCH3 is 1. The first kappa shape index (κ1) is 20.8. The molecule has 0 saturated heterocycles. The van der Waals surface area contributed by atoms with Gasteiger partial charge in [-0.05, 0) is 68.7 Å². The highest BCUT2D eigenvalue weighted by Crippen LogP contribution is 2.27. The third kappa shape index (κ3) is 5.47. The average Bonchev–Trinajstić information content (AvgIpc) is 2.57. The zero-order chi connectivity index (χ0) is 20.2. The van der Waals surface area contributed by atoms with Crippen molar-refractivity contribution in [1.82, 2.24) is 5.32 Å². The summed E-state index contributed by atoms with van der Waals surface area (Å²) in [6, 6.07) is 10.2. The number of aryl methyl sites for hydroxylation is 2. The smallest absolute Gasteiger partial charge is 0.262 e. The number of benzene rings is 2. The van der Waals surface area contributed by atoms with E-state index in [2.05, 4.69) is 10.0 Å². The van der Waals surface area contributed by atoms with Crippen molar-refractivity contribution in [2.24, 2.45) is 0 Å². The molecule has 0 atom stereocenters. The van der Waals surface area contributed by atoms with Crippen LogP contribution in [0.5, 0.6) is 5.75 Å². The molecule has 0 spiro atoms. The molecule has 0 unspecified atom stereocenters. The molecule has 0 fully saturated rings. The Balaban J connectivity index is 2.16. The first-order chi connectivity index (χ1) is 12.6. The molecule has 0 heterocycles. The van der Waals surface area contributed by atoms with E-state index >= 15 is 0 Å². The number of rotatable bonds is 7. The predicted octanol–water partition coefficient (Wildman–Crippen LogP) is 3.18. The number of ether oxygens (including phenoxy) is 1. The van der Waals surface area contributed by atoms with Crippen LogP contribution in [-0.2, 0) is 21.2 Å². The lowest BCUT2D eigenvalue weighted by Crippen LogP contribution is -2.31. The van der Waals surface area contributed by atoms with E-state index in [1.807, 2.05) is 13.8 Å². The van der Waals surface area contributed by atoms with Gasteiger partial charge >= 0.3 is 0 Å². The molecule has 2 aromatic carbocycles. The van der Waals surface area contributed by atoms with E-state index in [0.717, 1.165) is 11.1 Å². The fourth-order valence-corrected chi connectivity index (χ4v) is 4.10. The molecule has 2 aromatic rings. The van der Waals surface area contributed by atoms with E-state index in [1.54, 1.807) is 57.4 Å². The summed E-state index contributed by atoms with van der Waals surface area (Å²) in [5.41, 5.74) is 2.60. The lowest BCUT2D eigenvalue weighted by Gasteiger charge is -2.14. The molecule has 2 N–H and O–H groups in total. The van der Waals surface area contributed by atoms with Gasteiger partial charge in [-0.1, -0.05) is 12.1 Å². The van der Waals surface area contributed by atoms with Crippen LogP contribution in [0.3, 0.4) is 0 Å². The van der Waals surface area contributed by atoms with E-state index in [1.165, 1.54) is 0 Å². The van der Waals surface area contributed by atoms with Crippen molar-refractivity contribution in [2.75, 3.05) is 11.8 Å².